The topological polar surface area (TPSA) is 42.7 Å². The van der Waals surface area contributed by atoms with Gasteiger partial charge in [-0.15, -0.1) is 13.2 Å². The zero-order chi connectivity index (χ0) is 13.4. The molecule has 0 spiro atoms. The Morgan fingerprint density at radius 3 is 2.67 bits per heavy atom. The van der Waals surface area contributed by atoms with Crippen LogP contribution in [0.5, 0.6) is 0 Å². The molecule has 0 radical (unpaired) electrons. The SMILES string of the molecule is C=CCN(CC=C)Cc1cc(C(=O)OCC)co1. The zero-order valence-corrected chi connectivity index (χ0v) is 10.7. The summed E-state index contributed by atoms with van der Waals surface area (Å²) in [5.41, 5.74) is 0.448. The summed E-state index contributed by atoms with van der Waals surface area (Å²) in [5, 5.41) is 0. The van der Waals surface area contributed by atoms with Crippen molar-refractivity contribution >= 4 is 5.97 Å². The van der Waals surface area contributed by atoms with E-state index in [-0.39, 0.29) is 5.97 Å². The predicted octanol–water partition coefficient (Wildman–Crippen LogP) is 2.63. The molecule has 0 unspecified atom stereocenters. The van der Waals surface area contributed by atoms with Gasteiger partial charge in [-0.25, -0.2) is 4.79 Å². The molecule has 0 amide bonds. The first kappa shape index (κ1) is 14.3. The lowest BCUT2D eigenvalue weighted by Crippen LogP contribution is -2.22. The molecule has 4 nitrogen and oxygen atoms in total. The highest BCUT2D eigenvalue weighted by atomic mass is 16.5. The van der Waals surface area contributed by atoms with Crippen LogP contribution in [0.1, 0.15) is 23.0 Å². The molecule has 98 valence electrons. The summed E-state index contributed by atoms with van der Waals surface area (Å²) >= 11 is 0. The average Bonchev–Trinajstić information content (AvgIpc) is 2.78. The second-order valence-corrected chi connectivity index (χ2v) is 3.79. The van der Waals surface area contributed by atoms with E-state index in [1.165, 1.54) is 6.26 Å². The van der Waals surface area contributed by atoms with E-state index < -0.39 is 0 Å². The minimum absolute atomic E-state index is 0.355. The molecule has 0 aliphatic carbocycles. The highest BCUT2D eigenvalue weighted by Gasteiger charge is 2.12. The molecule has 0 saturated carbocycles. The van der Waals surface area contributed by atoms with Crippen LogP contribution in [0.25, 0.3) is 0 Å². The number of hydrogen-bond donors (Lipinski definition) is 0. The van der Waals surface area contributed by atoms with Gasteiger partial charge in [-0.3, -0.25) is 4.90 Å². The minimum atomic E-state index is -0.355. The fourth-order valence-corrected chi connectivity index (χ4v) is 1.57. The summed E-state index contributed by atoms with van der Waals surface area (Å²) in [6.45, 7) is 11.6. The molecule has 0 aliphatic rings. The molecule has 0 atom stereocenters. The first-order valence-electron chi connectivity index (χ1n) is 5.90. The Hall–Kier alpha value is -1.81. The molecular formula is C14H19NO3. The third kappa shape index (κ3) is 4.22. The van der Waals surface area contributed by atoms with E-state index in [2.05, 4.69) is 18.1 Å². The lowest BCUT2D eigenvalue weighted by atomic mass is 10.3. The molecule has 0 saturated heterocycles. The number of esters is 1. The van der Waals surface area contributed by atoms with E-state index in [0.29, 0.717) is 18.7 Å². The predicted molar refractivity (Wildman–Crippen MR) is 70.3 cm³/mol. The molecule has 1 heterocycles. The molecular weight excluding hydrogens is 230 g/mol. The summed E-state index contributed by atoms with van der Waals surface area (Å²) in [5.74, 6) is 0.369. The van der Waals surface area contributed by atoms with Gasteiger partial charge in [-0.05, 0) is 13.0 Å². The number of carbonyl (C=O) groups is 1. The minimum Gasteiger partial charge on any atom is -0.467 e. The summed E-state index contributed by atoms with van der Waals surface area (Å²) in [4.78, 5) is 13.6. The standard InChI is InChI=1S/C14H19NO3/c1-4-7-15(8-5-2)10-13-9-12(11-18-13)14(16)17-6-3/h4-5,9,11H,1-2,6-8,10H2,3H3. The highest BCUT2D eigenvalue weighted by Crippen LogP contribution is 2.12. The van der Waals surface area contributed by atoms with Gasteiger partial charge in [-0.1, -0.05) is 12.2 Å². The highest BCUT2D eigenvalue weighted by molar-refractivity contribution is 5.89. The zero-order valence-electron chi connectivity index (χ0n) is 10.7. The number of furan rings is 1. The second-order valence-electron chi connectivity index (χ2n) is 3.79. The molecule has 0 aliphatic heterocycles. The monoisotopic (exact) mass is 249 g/mol. The van der Waals surface area contributed by atoms with Crippen LogP contribution in [-0.2, 0) is 11.3 Å². The lowest BCUT2D eigenvalue weighted by molar-refractivity contribution is 0.0525. The number of rotatable bonds is 8. The van der Waals surface area contributed by atoms with Crippen molar-refractivity contribution in [1.82, 2.24) is 4.90 Å². The van der Waals surface area contributed by atoms with Crippen molar-refractivity contribution in [2.45, 2.75) is 13.5 Å². The smallest absolute Gasteiger partial charge is 0.341 e. The molecule has 0 fully saturated rings. The molecule has 1 aromatic rings. The van der Waals surface area contributed by atoms with Gasteiger partial charge in [0.1, 0.15) is 12.0 Å². The molecule has 0 aromatic carbocycles. The summed E-state index contributed by atoms with van der Waals surface area (Å²) < 4.78 is 10.2. The average molecular weight is 249 g/mol. The van der Waals surface area contributed by atoms with Crippen LogP contribution < -0.4 is 0 Å². The van der Waals surface area contributed by atoms with E-state index in [0.717, 1.165) is 18.8 Å². The molecule has 18 heavy (non-hydrogen) atoms. The molecule has 4 heteroatoms. The quantitative estimate of drug-likeness (QED) is 0.524. The van der Waals surface area contributed by atoms with E-state index in [9.17, 15) is 4.79 Å². The number of nitrogens with zero attached hydrogens (tertiary/aromatic N) is 1. The van der Waals surface area contributed by atoms with Gasteiger partial charge in [0.25, 0.3) is 0 Å². The fourth-order valence-electron chi connectivity index (χ4n) is 1.57. The van der Waals surface area contributed by atoms with Gasteiger partial charge in [-0.2, -0.15) is 0 Å². The van der Waals surface area contributed by atoms with E-state index in [1.807, 2.05) is 12.2 Å². The summed E-state index contributed by atoms with van der Waals surface area (Å²) in [7, 11) is 0. The first-order valence-corrected chi connectivity index (χ1v) is 5.90. The van der Waals surface area contributed by atoms with Crippen LogP contribution >= 0.6 is 0 Å². The van der Waals surface area contributed by atoms with Crippen molar-refractivity contribution in [1.29, 1.82) is 0 Å². The van der Waals surface area contributed by atoms with Crippen molar-refractivity contribution in [3.05, 3.63) is 49.0 Å². The maximum Gasteiger partial charge on any atom is 0.341 e. The number of ether oxygens (including phenoxy) is 1. The molecule has 1 rings (SSSR count). The van der Waals surface area contributed by atoms with Gasteiger partial charge >= 0.3 is 5.97 Å². The third-order valence-corrected chi connectivity index (χ3v) is 2.32. The first-order chi connectivity index (χ1) is 8.71. The van der Waals surface area contributed by atoms with Crippen molar-refractivity contribution in [3.63, 3.8) is 0 Å². The van der Waals surface area contributed by atoms with Crippen LogP contribution in [0.2, 0.25) is 0 Å². The van der Waals surface area contributed by atoms with Crippen LogP contribution in [0.3, 0.4) is 0 Å². The molecule has 0 bridgehead atoms. The number of carbonyl (C=O) groups excluding carboxylic acids is 1. The van der Waals surface area contributed by atoms with Crippen molar-refractivity contribution in [3.8, 4) is 0 Å². The molecule has 1 aromatic heterocycles. The normalized spacial score (nSPS) is 10.3. The Kier molecular flexibility index (Phi) is 5.94. The van der Waals surface area contributed by atoms with Crippen LogP contribution in [0.15, 0.2) is 42.1 Å². The Labute approximate surface area is 108 Å². The Bertz CT molecular complexity index is 399. The van der Waals surface area contributed by atoms with E-state index in [1.54, 1.807) is 13.0 Å². The maximum absolute atomic E-state index is 11.5. The largest absolute Gasteiger partial charge is 0.467 e. The van der Waals surface area contributed by atoms with E-state index >= 15 is 0 Å². The van der Waals surface area contributed by atoms with Gasteiger partial charge in [0.05, 0.1) is 18.7 Å². The van der Waals surface area contributed by atoms with Crippen molar-refractivity contribution in [2.24, 2.45) is 0 Å². The van der Waals surface area contributed by atoms with Gasteiger partial charge in [0, 0.05) is 13.1 Å². The molecule has 0 N–H and O–H groups in total. The Morgan fingerprint density at radius 2 is 2.11 bits per heavy atom. The fraction of sp³-hybridized carbons (Fsp3) is 0.357. The van der Waals surface area contributed by atoms with Gasteiger partial charge < -0.3 is 9.15 Å². The van der Waals surface area contributed by atoms with E-state index in [4.69, 9.17) is 9.15 Å². The summed E-state index contributed by atoms with van der Waals surface area (Å²) in [6, 6.07) is 1.71. The Morgan fingerprint density at radius 1 is 1.44 bits per heavy atom. The van der Waals surface area contributed by atoms with Crippen LogP contribution in [-0.4, -0.2) is 30.6 Å². The van der Waals surface area contributed by atoms with Crippen LogP contribution in [0.4, 0.5) is 0 Å². The van der Waals surface area contributed by atoms with Gasteiger partial charge in [0.15, 0.2) is 0 Å². The van der Waals surface area contributed by atoms with Crippen molar-refractivity contribution in [2.75, 3.05) is 19.7 Å². The Balaban J connectivity index is 2.63. The van der Waals surface area contributed by atoms with Crippen LogP contribution in [0, 0.1) is 0 Å². The van der Waals surface area contributed by atoms with Crippen molar-refractivity contribution < 1.29 is 13.9 Å². The number of hydrogen-bond acceptors (Lipinski definition) is 4. The lowest BCUT2D eigenvalue weighted by Gasteiger charge is -2.16. The maximum atomic E-state index is 11.5. The van der Waals surface area contributed by atoms with Gasteiger partial charge in [0.2, 0.25) is 0 Å². The summed E-state index contributed by atoms with van der Waals surface area (Å²) in [6.07, 6.45) is 5.06. The third-order valence-electron chi connectivity index (χ3n) is 2.32. The second kappa shape index (κ2) is 7.50.